The molecule has 0 unspecified atom stereocenters. The predicted molar refractivity (Wildman–Crippen MR) is 116 cm³/mol. The molecule has 0 saturated carbocycles. The molecule has 1 aliphatic carbocycles. The second-order valence-corrected chi connectivity index (χ2v) is 7.09. The molecule has 5 nitrogen and oxygen atoms in total. The second-order valence-electron chi connectivity index (χ2n) is 7.09. The number of fused-ring (bicyclic) bond motifs is 4. The Kier molecular flexibility index (Phi) is 4.66. The van der Waals surface area contributed by atoms with E-state index in [9.17, 15) is 4.79 Å². The van der Waals surface area contributed by atoms with Crippen LogP contribution in [-0.2, 0) is 4.74 Å². The maximum absolute atomic E-state index is 12.2. The second kappa shape index (κ2) is 7.76. The smallest absolute Gasteiger partial charge is 0.407 e. The number of aromatic amines is 1. The largest absolute Gasteiger partial charge is 0.449 e. The molecule has 146 valence electrons. The summed E-state index contributed by atoms with van der Waals surface area (Å²) in [4.78, 5) is 19.5. The molecule has 5 rings (SSSR count). The Bertz CT molecular complexity index is 1250. The lowest BCUT2D eigenvalue weighted by molar-refractivity contribution is 0.144. The number of nitrogens with one attached hydrogen (secondary N) is 2. The molecule has 30 heavy (non-hydrogen) atoms. The summed E-state index contributed by atoms with van der Waals surface area (Å²) in [6.07, 6.45) is 1.18. The van der Waals surface area contributed by atoms with Crippen LogP contribution in [0.1, 0.15) is 22.6 Å². The summed E-state index contributed by atoms with van der Waals surface area (Å²) in [5.74, 6) is 6.06. The third kappa shape index (κ3) is 3.29. The Labute approximate surface area is 174 Å². The van der Waals surface area contributed by atoms with Gasteiger partial charge in [-0.25, -0.2) is 9.78 Å². The Morgan fingerprint density at radius 1 is 1.00 bits per heavy atom. The van der Waals surface area contributed by atoms with Crippen LogP contribution in [0.3, 0.4) is 0 Å². The van der Waals surface area contributed by atoms with Crippen LogP contribution < -0.4 is 5.32 Å². The maximum atomic E-state index is 12.2. The van der Waals surface area contributed by atoms with Crippen molar-refractivity contribution in [1.82, 2.24) is 15.3 Å². The monoisotopic (exact) mass is 393 g/mol. The lowest BCUT2D eigenvalue weighted by atomic mass is 9.98. The molecule has 0 saturated heterocycles. The van der Waals surface area contributed by atoms with Crippen molar-refractivity contribution in [2.24, 2.45) is 0 Å². The first-order valence-electron chi connectivity index (χ1n) is 9.81. The molecule has 0 radical (unpaired) electrons. The summed E-state index contributed by atoms with van der Waals surface area (Å²) in [7, 11) is 0. The highest BCUT2D eigenvalue weighted by atomic mass is 16.5. The molecule has 0 aliphatic heterocycles. The van der Waals surface area contributed by atoms with Crippen molar-refractivity contribution in [3.63, 3.8) is 0 Å². The predicted octanol–water partition coefficient (Wildman–Crippen LogP) is 4.45. The quantitative estimate of drug-likeness (QED) is 0.505. The van der Waals surface area contributed by atoms with Crippen molar-refractivity contribution in [1.29, 1.82) is 0 Å². The van der Waals surface area contributed by atoms with Gasteiger partial charge in [0.25, 0.3) is 0 Å². The molecule has 1 aliphatic rings. The van der Waals surface area contributed by atoms with Crippen molar-refractivity contribution in [2.75, 3.05) is 13.2 Å². The normalized spacial score (nSPS) is 12.0. The number of alkyl carbamates (subject to hydrolysis) is 1. The molecule has 0 fully saturated rings. The molecular weight excluding hydrogens is 374 g/mol. The molecule has 1 heterocycles. The molecule has 0 atom stereocenters. The Morgan fingerprint density at radius 3 is 2.50 bits per heavy atom. The van der Waals surface area contributed by atoms with Crippen LogP contribution in [0.25, 0.3) is 22.2 Å². The van der Waals surface area contributed by atoms with Crippen molar-refractivity contribution in [3.8, 4) is 23.0 Å². The summed E-state index contributed by atoms with van der Waals surface area (Å²) in [6, 6.07) is 22.3. The minimum Gasteiger partial charge on any atom is -0.449 e. The number of carbonyl (C=O) groups is 1. The molecular formula is C25H19N3O2. The van der Waals surface area contributed by atoms with Crippen LogP contribution in [0, 0.1) is 11.8 Å². The summed E-state index contributed by atoms with van der Waals surface area (Å²) in [6.45, 7) is 0.497. The number of carbonyl (C=O) groups excluding carboxylic acids is 1. The lowest BCUT2D eigenvalue weighted by Gasteiger charge is -2.14. The van der Waals surface area contributed by atoms with E-state index in [2.05, 4.69) is 51.4 Å². The van der Waals surface area contributed by atoms with Gasteiger partial charge < -0.3 is 15.0 Å². The molecule has 0 bridgehead atoms. The zero-order valence-electron chi connectivity index (χ0n) is 16.2. The van der Waals surface area contributed by atoms with E-state index in [0.29, 0.717) is 6.61 Å². The standard InChI is InChI=1S/C25H19N3O2/c29-25(26-14-6-8-17-7-5-13-23-24(17)28-16-27-23)30-15-22-20-11-3-1-9-18(20)19-10-2-4-12-21(19)22/h1-5,7,9-13,16,22H,14-15H2,(H,26,29)(H,27,28). The number of hydrogen-bond donors (Lipinski definition) is 2. The van der Waals surface area contributed by atoms with E-state index in [0.717, 1.165) is 16.6 Å². The average Bonchev–Trinajstić information content (AvgIpc) is 3.39. The van der Waals surface area contributed by atoms with Crippen LogP contribution >= 0.6 is 0 Å². The fraction of sp³-hybridized carbons (Fsp3) is 0.120. The molecule has 1 aromatic heterocycles. The van der Waals surface area contributed by atoms with Gasteiger partial charge in [-0.05, 0) is 34.4 Å². The van der Waals surface area contributed by atoms with Crippen molar-refractivity contribution >= 4 is 17.1 Å². The highest BCUT2D eigenvalue weighted by molar-refractivity contribution is 5.81. The molecule has 2 N–H and O–H groups in total. The Balaban J connectivity index is 1.21. The van der Waals surface area contributed by atoms with Gasteiger partial charge in [0.15, 0.2) is 0 Å². The van der Waals surface area contributed by atoms with Crippen LogP contribution in [0.4, 0.5) is 4.79 Å². The number of benzene rings is 3. The number of amides is 1. The van der Waals surface area contributed by atoms with Gasteiger partial charge in [-0.3, -0.25) is 0 Å². The first kappa shape index (κ1) is 18.0. The highest BCUT2D eigenvalue weighted by Crippen LogP contribution is 2.44. The summed E-state index contributed by atoms with van der Waals surface area (Å²) in [5.41, 5.74) is 7.39. The molecule has 4 aromatic rings. The zero-order chi connectivity index (χ0) is 20.3. The van der Waals surface area contributed by atoms with E-state index in [1.807, 2.05) is 42.5 Å². The number of rotatable bonds is 3. The van der Waals surface area contributed by atoms with Gasteiger partial charge in [0.1, 0.15) is 12.1 Å². The minimum absolute atomic E-state index is 0.0477. The topological polar surface area (TPSA) is 67.0 Å². The molecule has 1 amide bonds. The van der Waals surface area contributed by atoms with Crippen LogP contribution in [-0.4, -0.2) is 29.2 Å². The number of nitrogens with zero attached hydrogens (tertiary/aromatic N) is 1. The van der Waals surface area contributed by atoms with Crippen LogP contribution in [0.15, 0.2) is 73.1 Å². The van der Waals surface area contributed by atoms with E-state index in [4.69, 9.17) is 4.74 Å². The average molecular weight is 393 g/mol. The van der Waals surface area contributed by atoms with E-state index in [-0.39, 0.29) is 12.5 Å². The van der Waals surface area contributed by atoms with Gasteiger partial charge in [0.2, 0.25) is 0 Å². The summed E-state index contributed by atoms with van der Waals surface area (Å²) < 4.78 is 5.51. The van der Waals surface area contributed by atoms with E-state index >= 15 is 0 Å². The van der Waals surface area contributed by atoms with Gasteiger partial charge in [0.05, 0.1) is 24.0 Å². The SMILES string of the molecule is O=C(NCC#Cc1cccc2[nH]cnc12)OCC1c2ccccc2-c2ccccc21. The number of ether oxygens (including phenoxy) is 1. The van der Waals surface area contributed by atoms with Gasteiger partial charge in [0, 0.05) is 5.92 Å². The highest BCUT2D eigenvalue weighted by Gasteiger charge is 2.28. The molecule has 3 aromatic carbocycles. The first-order chi connectivity index (χ1) is 14.8. The third-order valence-corrected chi connectivity index (χ3v) is 5.34. The third-order valence-electron chi connectivity index (χ3n) is 5.34. The van der Waals surface area contributed by atoms with E-state index in [1.54, 1.807) is 6.33 Å². The van der Waals surface area contributed by atoms with Crippen LogP contribution in [0.5, 0.6) is 0 Å². The van der Waals surface area contributed by atoms with Crippen molar-refractivity contribution in [3.05, 3.63) is 89.7 Å². The van der Waals surface area contributed by atoms with E-state index in [1.165, 1.54) is 22.3 Å². The van der Waals surface area contributed by atoms with Gasteiger partial charge in [-0.15, -0.1) is 0 Å². The Morgan fingerprint density at radius 2 is 1.73 bits per heavy atom. The van der Waals surface area contributed by atoms with Crippen molar-refractivity contribution in [2.45, 2.75) is 5.92 Å². The Hall–Kier alpha value is -4.04. The molecule has 0 spiro atoms. The fourth-order valence-electron chi connectivity index (χ4n) is 3.97. The first-order valence-corrected chi connectivity index (χ1v) is 9.81. The van der Waals surface area contributed by atoms with Crippen molar-refractivity contribution < 1.29 is 9.53 Å². The number of hydrogen-bond acceptors (Lipinski definition) is 3. The van der Waals surface area contributed by atoms with Gasteiger partial charge >= 0.3 is 6.09 Å². The zero-order valence-corrected chi connectivity index (χ0v) is 16.2. The van der Waals surface area contributed by atoms with Gasteiger partial charge in [-0.2, -0.15) is 0 Å². The maximum Gasteiger partial charge on any atom is 0.407 e. The molecule has 5 heteroatoms. The van der Waals surface area contributed by atoms with E-state index < -0.39 is 6.09 Å². The minimum atomic E-state index is -0.468. The van der Waals surface area contributed by atoms with Gasteiger partial charge in [-0.1, -0.05) is 66.4 Å². The fourth-order valence-corrected chi connectivity index (χ4v) is 3.97. The number of imidazole rings is 1. The lowest BCUT2D eigenvalue weighted by Crippen LogP contribution is -2.26. The summed E-state index contributed by atoms with van der Waals surface area (Å²) >= 11 is 0. The van der Waals surface area contributed by atoms with Crippen LogP contribution in [0.2, 0.25) is 0 Å². The summed E-state index contributed by atoms with van der Waals surface area (Å²) in [5, 5.41) is 2.70. The number of H-pyrrole nitrogens is 1. The number of para-hydroxylation sites is 1. The number of aromatic nitrogens is 2.